The Balaban J connectivity index is 4.47. The molecule has 5 nitrogen and oxygen atoms in total. The van der Waals surface area contributed by atoms with Gasteiger partial charge in [0.2, 0.25) is 11.8 Å². The standard InChI is InChI=1S/C10H21N3O2/c1-5-8(10(11)15)13(6-2)7-9(14)12(3)4/h8H,5-7H2,1-4H3,(H2,11,15). The smallest absolute Gasteiger partial charge is 0.236 e. The fraction of sp³-hybridized carbons (Fsp3) is 0.800. The average molecular weight is 215 g/mol. The molecule has 2 amide bonds. The van der Waals surface area contributed by atoms with Crippen molar-refractivity contribution in [3.8, 4) is 0 Å². The SMILES string of the molecule is CCC(C(N)=O)N(CC)CC(=O)N(C)C. The van der Waals surface area contributed by atoms with E-state index in [0.29, 0.717) is 13.0 Å². The highest BCUT2D eigenvalue weighted by atomic mass is 16.2. The van der Waals surface area contributed by atoms with Crippen molar-refractivity contribution in [2.45, 2.75) is 26.3 Å². The topological polar surface area (TPSA) is 66.6 Å². The molecule has 1 atom stereocenters. The summed E-state index contributed by atoms with van der Waals surface area (Å²) >= 11 is 0. The molecule has 1 unspecified atom stereocenters. The third-order valence-electron chi connectivity index (χ3n) is 2.40. The summed E-state index contributed by atoms with van der Waals surface area (Å²) in [5.74, 6) is -0.387. The van der Waals surface area contributed by atoms with E-state index in [1.807, 2.05) is 13.8 Å². The van der Waals surface area contributed by atoms with E-state index in [0.717, 1.165) is 0 Å². The number of nitrogens with zero attached hydrogens (tertiary/aromatic N) is 2. The lowest BCUT2D eigenvalue weighted by Crippen LogP contribution is -2.48. The van der Waals surface area contributed by atoms with E-state index < -0.39 is 0 Å². The Hall–Kier alpha value is -1.10. The van der Waals surface area contributed by atoms with Crippen LogP contribution >= 0.6 is 0 Å². The zero-order valence-corrected chi connectivity index (χ0v) is 9.99. The second-order valence-corrected chi connectivity index (χ2v) is 3.68. The predicted molar refractivity (Wildman–Crippen MR) is 59.2 cm³/mol. The molecule has 5 heteroatoms. The number of rotatable bonds is 6. The van der Waals surface area contributed by atoms with Gasteiger partial charge in [-0.2, -0.15) is 0 Å². The monoisotopic (exact) mass is 215 g/mol. The molecular weight excluding hydrogens is 194 g/mol. The van der Waals surface area contributed by atoms with Crippen LogP contribution in [0.3, 0.4) is 0 Å². The van der Waals surface area contributed by atoms with Gasteiger partial charge in [0.05, 0.1) is 12.6 Å². The first kappa shape index (κ1) is 13.9. The maximum atomic E-state index is 11.5. The molecule has 0 saturated heterocycles. The normalized spacial score (nSPS) is 12.6. The van der Waals surface area contributed by atoms with Crippen molar-refractivity contribution >= 4 is 11.8 Å². The van der Waals surface area contributed by atoms with Gasteiger partial charge >= 0.3 is 0 Å². The minimum atomic E-state index is -0.370. The van der Waals surface area contributed by atoms with E-state index in [4.69, 9.17) is 5.73 Å². The largest absolute Gasteiger partial charge is 0.368 e. The number of amides is 2. The number of primary amides is 1. The van der Waals surface area contributed by atoms with Gasteiger partial charge in [0.25, 0.3) is 0 Å². The first-order chi connectivity index (χ1) is 6.93. The van der Waals surface area contributed by atoms with Gasteiger partial charge in [-0.1, -0.05) is 13.8 Å². The highest BCUT2D eigenvalue weighted by Gasteiger charge is 2.23. The van der Waals surface area contributed by atoms with Crippen molar-refractivity contribution in [1.29, 1.82) is 0 Å². The van der Waals surface area contributed by atoms with Gasteiger partial charge in [0.1, 0.15) is 0 Å². The van der Waals surface area contributed by atoms with Gasteiger partial charge in [-0.25, -0.2) is 0 Å². The van der Waals surface area contributed by atoms with Crippen LogP contribution in [0.1, 0.15) is 20.3 Å². The zero-order chi connectivity index (χ0) is 12.0. The Labute approximate surface area is 91.2 Å². The van der Waals surface area contributed by atoms with Crippen LogP contribution in [0.25, 0.3) is 0 Å². The lowest BCUT2D eigenvalue weighted by Gasteiger charge is -2.27. The van der Waals surface area contributed by atoms with Crippen molar-refractivity contribution in [2.24, 2.45) is 5.73 Å². The summed E-state index contributed by atoms with van der Waals surface area (Å²) in [6.07, 6.45) is 0.629. The summed E-state index contributed by atoms with van der Waals surface area (Å²) in [4.78, 5) is 25.9. The highest BCUT2D eigenvalue weighted by molar-refractivity contribution is 5.82. The summed E-state index contributed by atoms with van der Waals surface area (Å²) < 4.78 is 0. The van der Waals surface area contributed by atoms with Crippen molar-refractivity contribution in [2.75, 3.05) is 27.2 Å². The molecule has 0 saturated carbocycles. The molecule has 0 fully saturated rings. The fourth-order valence-corrected chi connectivity index (χ4v) is 1.40. The van der Waals surface area contributed by atoms with Crippen LogP contribution in [-0.2, 0) is 9.59 Å². The van der Waals surface area contributed by atoms with Crippen LogP contribution < -0.4 is 5.73 Å². The molecule has 0 rings (SSSR count). The molecule has 0 aromatic heterocycles. The van der Waals surface area contributed by atoms with Crippen LogP contribution in [0.5, 0.6) is 0 Å². The number of carbonyl (C=O) groups is 2. The van der Waals surface area contributed by atoms with Crippen LogP contribution in [0.4, 0.5) is 0 Å². The van der Waals surface area contributed by atoms with Crippen molar-refractivity contribution in [3.63, 3.8) is 0 Å². The Morgan fingerprint density at radius 3 is 2.07 bits per heavy atom. The number of carbonyl (C=O) groups excluding carboxylic acids is 2. The molecule has 0 bridgehead atoms. The Bertz CT molecular complexity index is 229. The minimum absolute atomic E-state index is 0.0171. The Morgan fingerprint density at radius 1 is 1.27 bits per heavy atom. The van der Waals surface area contributed by atoms with Gasteiger partial charge in [0, 0.05) is 14.1 Å². The van der Waals surface area contributed by atoms with Crippen LogP contribution in [0.2, 0.25) is 0 Å². The molecule has 0 aromatic carbocycles. The second kappa shape index (κ2) is 6.40. The summed E-state index contributed by atoms with van der Waals surface area (Å²) in [6.45, 7) is 4.68. The van der Waals surface area contributed by atoms with Crippen molar-refractivity contribution in [3.05, 3.63) is 0 Å². The number of hydrogen-bond donors (Lipinski definition) is 1. The molecule has 0 spiro atoms. The van der Waals surface area contributed by atoms with Gasteiger partial charge in [-0.05, 0) is 13.0 Å². The fourth-order valence-electron chi connectivity index (χ4n) is 1.40. The van der Waals surface area contributed by atoms with E-state index in [1.54, 1.807) is 19.0 Å². The average Bonchev–Trinajstić information content (AvgIpc) is 2.16. The zero-order valence-electron chi connectivity index (χ0n) is 9.99. The van der Waals surface area contributed by atoms with Gasteiger partial charge in [-0.15, -0.1) is 0 Å². The molecule has 15 heavy (non-hydrogen) atoms. The second-order valence-electron chi connectivity index (χ2n) is 3.68. The van der Waals surface area contributed by atoms with Gasteiger partial charge in [-0.3, -0.25) is 14.5 Å². The Morgan fingerprint density at radius 2 is 1.80 bits per heavy atom. The third kappa shape index (κ3) is 4.29. The number of nitrogens with two attached hydrogens (primary N) is 1. The summed E-state index contributed by atoms with van der Waals surface area (Å²) in [5, 5.41) is 0. The third-order valence-corrected chi connectivity index (χ3v) is 2.40. The molecule has 2 N–H and O–H groups in total. The molecule has 0 aromatic rings. The van der Waals surface area contributed by atoms with Gasteiger partial charge in [0.15, 0.2) is 0 Å². The molecule has 0 aliphatic heterocycles. The predicted octanol–water partition coefficient (Wildman–Crippen LogP) is -0.340. The van der Waals surface area contributed by atoms with E-state index in [9.17, 15) is 9.59 Å². The minimum Gasteiger partial charge on any atom is -0.368 e. The quantitative estimate of drug-likeness (QED) is 0.659. The first-order valence-corrected chi connectivity index (χ1v) is 5.17. The van der Waals surface area contributed by atoms with Crippen molar-refractivity contribution < 1.29 is 9.59 Å². The molecule has 0 radical (unpaired) electrons. The van der Waals surface area contributed by atoms with E-state index in [1.165, 1.54) is 4.90 Å². The number of hydrogen-bond acceptors (Lipinski definition) is 3. The van der Waals surface area contributed by atoms with E-state index in [-0.39, 0.29) is 24.4 Å². The summed E-state index contributed by atoms with van der Waals surface area (Å²) in [5.41, 5.74) is 5.27. The van der Waals surface area contributed by atoms with Crippen molar-refractivity contribution in [1.82, 2.24) is 9.80 Å². The highest BCUT2D eigenvalue weighted by Crippen LogP contribution is 2.03. The molecule has 0 aliphatic rings. The molecule has 0 heterocycles. The lowest BCUT2D eigenvalue weighted by molar-refractivity contribution is -0.132. The van der Waals surface area contributed by atoms with E-state index >= 15 is 0 Å². The number of likely N-dealkylation sites (N-methyl/N-ethyl adjacent to an activating group) is 2. The maximum Gasteiger partial charge on any atom is 0.236 e. The summed E-state index contributed by atoms with van der Waals surface area (Å²) in [6, 6.07) is -0.348. The molecule has 88 valence electrons. The Kier molecular flexibility index (Phi) is 5.93. The van der Waals surface area contributed by atoms with Crippen LogP contribution in [-0.4, -0.2) is 54.8 Å². The maximum absolute atomic E-state index is 11.5. The molecule has 0 aliphatic carbocycles. The van der Waals surface area contributed by atoms with Crippen LogP contribution in [0.15, 0.2) is 0 Å². The lowest BCUT2D eigenvalue weighted by atomic mass is 10.2. The van der Waals surface area contributed by atoms with Gasteiger partial charge < -0.3 is 10.6 Å². The van der Waals surface area contributed by atoms with E-state index in [2.05, 4.69) is 0 Å². The molecular formula is C10H21N3O2. The first-order valence-electron chi connectivity index (χ1n) is 5.17. The van der Waals surface area contributed by atoms with Crippen LogP contribution in [0, 0.1) is 0 Å². The summed E-state index contributed by atoms with van der Waals surface area (Å²) in [7, 11) is 3.39.